The van der Waals surface area contributed by atoms with Gasteiger partial charge in [0.15, 0.2) is 0 Å². The second kappa shape index (κ2) is 6.09. The molecule has 4 unspecified atom stereocenters. The highest BCUT2D eigenvalue weighted by molar-refractivity contribution is 6.00. The number of fused-ring (bicyclic) bond motifs is 12. The lowest BCUT2D eigenvalue weighted by atomic mass is 9.88. The van der Waals surface area contributed by atoms with Gasteiger partial charge in [0.05, 0.1) is 13.2 Å². The predicted octanol–water partition coefficient (Wildman–Crippen LogP) is 4.25. The summed E-state index contributed by atoms with van der Waals surface area (Å²) in [6, 6.07) is 13.7. The van der Waals surface area contributed by atoms with Crippen LogP contribution in [0.3, 0.4) is 0 Å². The summed E-state index contributed by atoms with van der Waals surface area (Å²) >= 11 is 0. The quantitative estimate of drug-likeness (QED) is 0.484. The van der Waals surface area contributed by atoms with Crippen molar-refractivity contribution < 1.29 is 19.7 Å². The van der Waals surface area contributed by atoms with E-state index >= 15 is 0 Å². The van der Waals surface area contributed by atoms with E-state index in [2.05, 4.69) is 60.7 Å². The highest BCUT2D eigenvalue weighted by atomic mass is 16.5. The maximum Gasteiger partial charge on any atom is 0.111 e. The van der Waals surface area contributed by atoms with Gasteiger partial charge in [0.25, 0.3) is 0 Å². The first kappa shape index (κ1) is 19.0. The molecule has 0 heterocycles. The number of ether oxygens (including phenoxy) is 2. The second-order valence-electron chi connectivity index (χ2n) is 9.82. The molecule has 0 fully saturated rings. The Morgan fingerprint density at radius 1 is 0.562 bits per heavy atom. The molecule has 162 valence electrons. The molecule has 4 heteroatoms. The normalized spacial score (nSPS) is 35.4. The molecule has 3 aromatic carbocycles. The monoisotopic (exact) mass is 426 g/mol. The first-order chi connectivity index (χ1) is 15.6. The molecule has 0 aliphatic heterocycles. The van der Waals surface area contributed by atoms with E-state index in [9.17, 15) is 10.2 Å². The van der Waals surface area contributed by atoms with Crippen LogP contribution in [0.4, 0.5) is 0 Å². The zero-order chi connectivity index (χ0) is 21.8. The molecule has 4 aliphatic rings. The Labute approximate surface area is 186 Å². The Balaban J connectivity index is 1.41. The summed E-state index contributed by atoms with van der Waals surface area (Å²) in [6.07, 6.45) is 8.76. The Morgan fingerprint density at radius 2 is 0.844 bits per heavy atom. The molecule has 2 N–H and O–H groups in total. The molecule has 0 saturated carbocycles. The summed E-state index contributed by atoms with van der Waals surface area (Å²) in [5, 5.41) is 25.2. The van der Waals surface area contributed by atoms with Gasteiger partial charge < -0.3 is 19.7 Å². The van der Waals surface area contributed by atoms with Crippen LogP contribution < -0.4 is 0 Å². The number of aliphatic hydroxyl groups is 2. The van der Waals surface area contributed by atoms with Gasteiger partial charge in [-0.2, -0.15) is 0 Å². The molecule has 0 radical (unpaired) electrons. The van der Waals surface area contributed by atoms with Crippen LogP contribution in [0.2, 0.25) is 0 Å². The van der Waals surface area contributed by atoms with Crippen LogP contribution in [0.1, 0.15) is 45.9 Å². The molecule has 0 spiro atoms. The van der Waals surface area contributed by atoms with Gasteiger partial charge >= 0.3 is 0 Å². The van der Waals surface area contributed by atoms with E-state index in [-0.39, 0.29) is 36.9 Å². The summed E-state index contributed by atoms with van der Waals surface area (Å²) in [4.78, 5) is 0. The van der Waals surface area contributed by atoms with E-state index in [1.807, 2.05) is 0 Å². The van der Waals surface area contributed by atoms with Gasteiger partial charge in [-0.05, 0) is 55.9 Å². The molecule has 4 nitrogen and oxygen atoms in total. The lowest BCUT2D eigenvalue weighted by Crippen LogP contribution is -2.39. The Kier molecular flexibility index (Phi) is 3.62. The molecular formula is C28H26O4. The first-order valence-corrected chi connectivity index (χ1v) is 11.3. The number of rotatable bonds is 4. The lowest BCUT2D eigenvalue weighted by molar-refractivity contribution is -0.0572. The van der Waals surface area contributed by atoms with Gasteiger partial charge in [0.1, 0.15) is 11.2 Å². The minimum Gasteiger partial charge on any atom is -0.393 e. The molecule has 32 heavy (non-hydrogen) atoms. The zero-order valence-electron chi connectivity index (χ0n) is 18.2. The van der Waals surface area contributed by atoms with E-state index in [0.29, 0.717) is 0 Å². The summed E-state index contributed by atoms with van der Waals surface area (Å²) in [5.41, 5.74) is 3.92. The van der Waals surface area contributed by atoms with Gasteiger partial charge in [-0.3, -0.25) is 0 Å². The number of benzene rings is 3. The van der Waals surface area contributed by atoms with Crippen molar-refractivity contribution in [3.8, 4) is 0 Å². The molecule has 4 aliphatic carbocycles. The fourth-order valence-electron chi connectivity index (χ4n) is 7.23. The van der Waals surface area contributed by atoms with Crippen LogP contribution in [0.15, 0.2) is 60.7 Å². The number of hydrogen-bond donors (Lipinski definition) is 2. The van der Waals surface area contributed by atoms with Gasteiger partial charge in [-0.25, -0.2) is 0 Å². The molecule has 0 saturated heterocycles. The number of aliphatic hydroxyl groups excluding tert-OH is 2. The van der Waals surface area contributed by atoms with Crippen molar-refractivity contribution >= 4 is 21.5 Å². The van der Waals surface area contributed by atoms with Crippen LogP contribution in [0.25, 0.3) is 21.5 Å². The van der Waals surface area contributed by atoms with Crippen molar-refractivity contribution in [1.29, 1.82) is 0 Å². The third-order valence-corrected chi connectivity index (χ3v) is 8.89. The van der Waals surface area contributed by atoms with Crippen LogP contribution in [-0.4, -0.2) is 48.8 Å². The van der Waals surface area contributed by atoms with E-state index in [1.54, 1.807) is 14.2 Å². The average molecular weight is 427 g/mol. The standard InChI is InChI=1S/C28H26O4/c1-31-27(13-29)23-3-4-24(27)20-10-16-8-18-12-22-21(11-17(18)7-15(16)9-19(20)23)25-5-6-26(22)28(25,14-30)32-2/h3-12,23-26,29-30H,13-14H2,1-2H3. The molecule has 0 amide bonds. The smallest absolute Gasteiger partial charge is 0.111 e. The number of hydrogen-bond acceptors (Lipinski definition) is 4. The topological polar surface area (TPSA) is 58.9 Å². The Bertz CT molecular complexity index is 1160. The van der Waals surface area contributed by atoms with Gasteiger partial charge in [0, 0.05) is 37.9 Å². The van der Waals surface area contributed by atoms with Crippen molar-refractivity contribution in [3.05, 3.63) is 83.0 Å². The molecule has 0 aromatic heterocycles. The molecular weight excluding hydrogens is 400 g/mol. The van der Waals surface area contributed by atoms with Crippen molar-refractivity contribution in [1.82, 2.24) is 0 Å². The van der Waals surface area contributed by atoms with E-state index in [4.69, 9.17) is 9.47 Å². The summed E-state index contributed by atoms with van der Waals surface area (Å²) in [7, 11) is 3.42. The SMILES string of the molecule is COC1(CO)C2C=CC1c1cc3cc4cc5c(cc4cc3cc12)C1C=CC5C1(CO)OC. The summed E-state index contributed by atoms with van der Waals surface area (Å²) in [6.45, 7) is 0.0148. The van der Waals surface area contributed by atoms with Crippen LogP contribution >= 0.6 is 0 Å². The zero-order valence-corrected chi connectivity index (χ0v) is 18.2. The van der Waals surface area contributed by atoms with E-state index < -0.39 is 11.2 Å². The second-order valence-corrected chi connectivity index (χ2v) is 9.82. The highest BCUT2D eigenvalue weighted by Crippen LogP contribution is 2.59. The average Bonchev–Trinajstić information content (AvgIpc) is 3.52. The fourth-order valence-corrected chi connectivity index (χ4v) is 7.23. The van der Waals surface area contributed by atoms with Crippen molar-refractivity contribution in [2.75, 3.05) is 27.4 Å². The van der Waals surface area contributed by atoms with Gasteiger partial charge in [0.2, 0.25) is 0 Å². The van der Waals surface area contributed by atoms with Gasteiger partial charge in [-0.15, -0.1) is 0 Å². The molecule has 4 bridgehead atoms. The molecule has 3 aromatic rings. The summed E-state index contributed by atoms with van der Waals surface area (Å²) in [5.74, 6) is 0.353. The first-order valence-electron chi connectivity index (χ1n) is 11.3. The fraction of sp³-hybridized carbons (Fsp3) is 0.357. The van der Waals surface area contributed by atoms with Crippen molar-refractivity contribution in [3.63, 3.8) is 0 Å². The lowest BCUT2D eigenvalue weighted by Gasteiger charge is -2.31. The van der Waals surface area contributed by atoms with Crippen molar-refractivity contribution in [2.45, 2.75) is 34.9 Å². The third-order valence-electron chi connectivity index (χ3n) is 8.89. The highest BCUT2D eigenvalue weighted by Gasteiger charge is 2.56. The van der Waals surface area contributed by atoms with Crippen LogP contribution in [0.5, 0.6) is 0 Å². The maximum absolute atomic E-state index is 10.2. The minimum absolute atomic E-state index is 0.00738. The van der Waals surface area contributed by atoms with Crippen LogP contribution in [0, 0.1) is 0 Å². The molecule has 7 rings (SSSR count). The maximum atomic E-state index is 10.2. The summed E-state index contributed by atoms with van der Waals surface area (Å²) < 4.78 is 11.8. The van der Waals surface area contributed by atoms with E-state index in [0.717, 1.165) is 0 Å². The molecule has 4 atom stereocenters. The van der Waals surface area contributed by atoms with Crippen molar-refractivity contribution in [2.24, 2.45) is 0 Å². The van der Waals surface area contributed by atoms with E-state index in [1.165, 1.54) is 43.8 Å². The van der Waals surface area contributed by atoms with Gasteiger partial charge in [-0.1, -0.05) is 48.6 Å². The Hall–Kier alpha value is -2.50. The third kappa shape index (κ3) is 1.95. The van der Waals surface area contributed by atoms with Crippen LogP contribution in [-0.2, 0) is 9.47 Å². The minimum atomic E-state index is -0.570. The number of methoxy groups -OCH3 is 2. The largest absolute Gasteiger partial charge is 0.393 e. The Morgan fingerprint density at radius 3 is 1.06 bits per heavy atom. The predicted molar refractivity (Wildman–Crippen MR) is 124 cm³/mol.